The minimum absolute atomic E-state index is 0.668. The third-order valence-electron chi connectivity index (χ3n) is 5.11. The van der Waals surface area contributed by atoms with E-state index in [1.54, 1.807) is 11.3 Å². The molecule has 0 radical (unpaired) electrons. The van der Waals surface area contributed by atoms with Gasteiger partial charge in [-0.2, -0.15) is 0 Å². The molecule has 2 aliphatic heterocycles. The smallest absolute Gasteiger partial charge is 0.0436 e. The standard InChI is InChI=1S/C17H20N2S/c1-19-14-5-6-15(19)10-13(9-14)16-7-4-12(11-18-16)17-3-2-8-20-17/h2-4,7-8,11,13-15H,5-6,9-10H2,1H3. The van der Waals surface area contributed by atoms with Crippen LogP contribution in [-0.4, -0.2) is 29.0 Å². The zero-order valence-electron chi connectivity index (χ0n) is 11.8. The first-order chi connectivity index (χ1) is 9.81. The van der Waals surface area contributed by atoms with Crippen molar-refractivity contribution in [3.05, 3.63) is 41.5 Å². The molecule has 104 valence electrons. The normalized spacial score (nSPS) is 29.8. The van der Waals surface area contributed by atoms with Crippen LogP contribution in [0.4, 0.5) is 0 Å². The maximum Gasteiger partial charge on any atom is 0.0436 e. The minimum Gasteiger partial charge on any atom is -0.300 e. The van der Waals surface area contributed by atoms with Gasteiger partial charge in [0.1, 0.15) is 0 Å². The number of pyridine rings is 1. The van der Waals surface area contributed by atoms with Gasteiger partial charge in [0.05, 0.1) is 0 Å². The molecular formula is C17H20N2S. The Balaban J connectivity index is 1.55. The highest BCUT2D eigenvalue weighted by atomic mass is 32.1. The van der Waals surface area contributed by atoms with Gasteiger partial charge in [-0.3, -0.25) is 4.98 Å². The van der Waals surface area contributed by atoms with Crippen LogP contribution in [0.25, 0.3) is 10.4 Å². The van der Waals surface area contributed by atoms with Crippen molar-refractivity contribution in [3.63, 3.8) is 0 Å². The van der Waals surface area contributed by atoms with Gasteiger partial charge in [-0.05, 0) is 50.2 Å². The summed E-state index contributed by atoms with van der Waals surface area (Å²) in [5, 5.41) is 2.12. The molecule has 2 fully saturated rings. The highest BCUT2D eigenvalue weighted by Crippen LogP contribution is 2.41. The van der Waals surface area contributed by atoms with Gasteiger partial charge in [0.2, 0.25) is 0 Å². The molecule has 2 aliphatic rings. The molecule has 0 aliphatic carbocycles. The van der Waals surface area contributed by atoms with E-state index in [2.05, 4.69) is 47.8 Å². The Morgan fingerprint density at radius 2 is 1.95 bits per heavy atom. The first kappa shape index (κ1) is 12.5. The van der Waals surface area contributed by atoms with E-state index in [1.165, 1.54) is 41.8 Å². The lowest BCUT2D eigenvalue weighted by atomic mass is 9.88. The summed E-state index contributed by atoms with van der Waals surface area (Å²) in [5.41, 5.74) is 2.55. The Morgan fingerprint density at radius 3 is 2.55 bits per heavy atom. The van der Waals surface area contributed by atoms with E-state index in [-0.39, 0.29) is 0 Å². The predicted octanol–water partition coefficient (Wildman–Crippen LogP) is 4.15. The van der Waals surface area contributed by atoms with Gasteiger partial charge in [0.25, 0.3) is 0 Å². The van der Waals surface area contributed by atoms with Gasteiger partial charge in [0, 0.05) is 40.3 Å². The number of thiophene rings is 1. The van der Waals surface area contributed by atoms with Crippen molar-refractivity contribution >= 4 is 11.3 Å². The summed E-state index contributed by atoms with van der Waals surface area (Å²) in [5.74, 6) is 0.668. The Labute approximate surface area is 124 Å². The molecular weight excluding hydrogens is 264 g/mol. The van der Waals surface area contributed by atoms with Gasteiger partial charge in [0.15, 0.2) is 0 Å². The molecule has 2 unspecified atom stereocenters. The number of fused-ring (bicyclic) bond motifs is 2. The maximum atomic E-state index is 4.77. The van der Waals surface area contributed by atoms with Crippen LogP contribution in [0.5, 0.6) is 0 Å². The lowest BCUT2D eigenvalue weighted by Gasteiger charge is -2.36. The largest absolute Gasteiger partial charge is 0.300 e. The lowest BCUT2D eigenvalue weighted by Crippen LogP contribution is -2.39. The monoisotopic (exact) mass is 284 g/mol. The molecule has 2 aromatic heterocycles. The lowest BCUT2D eigenvalue weighted by molar-refractivity contribution is 0.160. The predicted molar refractivity (Wildman–Crippen MR) is 84.1 cm³/mol. The number of piperidine rings is 1. The van der Waals surface area contributed by atoms with Crippen LogP contribution in [0, 0.1) is 0 Å². The zero-order chi connectivity index (χ0) is 13.5. The second-order valence-corrected chi connectivity index (χ2v) is 7.12. The van der Waals surface area contributed by atoms with Crippen LogP contribution in [0.3, 0.4) is 0 Å². The minimum atomic E-state index is 0.668. The highest BCUT2D eigenvalue weighted by Gasteiger charge is 2.39. The zero-order valence-corrected chi connectivity index (χ0v) is 12.6. The fourth-order valence-electron chi connectivity index (χ4n) is 3.89. The summed E-state index contributed by atoms with van der Waals surface area (Å²) in [6.07, 6.45) is 7.40. The SMILES string of the molecule is CN1C2CCC1CC(c1ccc(-c3cccs3)cn1)C2. The van der Waals surface area contributed by atoms with Crippen molar-refractivity contribution in [2.24, 2.45) is 0 Å². The summed E-state index contributed by atoms with van der Waals surface area (Å²) < 4.78 is 0. The molecule has 20 heavy (non-hydrogen) atoms. The average Bonchev–Trinajstić information content (AvgIpc) is 3.06. The van der Waals surface area contributed by atoms with Crippen molar-refractivity contribution in [1.29, 1.82) is 0 Å². The molecule has 3 heteroatoms. The Kier molecular flexibility index (Phi) is 3.12. The molecule has 4 rings (SSSR count). The summed E-state index contributed by atoms with van der Waals surface area (Å²) in [7, 11) is 2.30. The molecule has 2 atom stereocenters. The van der Waals surface area contributed by atoms with Crippen LogP contribution >= 0.6 is 11.3 Å². The first-order valence-corrected chi connectivity index (χ1v) is 8.41. The van der Waals surface area contributed by atoms with E-state index in [1.807, 2.05) is 0 Å². The van der Waals surface area contributed by atoms with Crippen LogP contribution < -0.4 is 0 Å². The maximum absolute atomic E-state index is 4.77. The van der Waals surface area contributed by atoms with E-state index in [9.17, 15) is 0 Å². The van der Waals surface area contributed by atoms with E-state index in [4.69, 9.17) is 4.98 Å². The van der Waals surface area contributed by atoms with Crippen LogP contribution in [0.1, 0.15) is 37.3 Å². The van der Waals surface area contributed by atoms with Crippen LogP contribution in [0.15, 0.2) is 35.8 Å². The number of hydrogen-bond donors (Lipinski definition) is 0. The van der Waals surface area contributed by atoms with Crippen LogP contribution in [-0.2, 0) is 0 Å². The molecule has 4 heterocycles. The van der Waals surface area contributed by atoms with Gasteiger partial charge in [-0.15, -0.1) is 11.3 Å². The third-order valence-corrected chi connectivity index (χ3v) is 6.03. The molecule has 0 N–H and O–H groups in total. The van der Waals surface area contributed by atoms with Gasteiger partial charge < -0.3 is 4.90 Å². The van der Waals surface area contributed by atoms with Crippen molar-refractivity contribution in [2.75, 3.05) is 7.05 Å². The Bertz CT molecular complexity index is 562. The molecule has 0 saturated carbocycles. The number of rotatable bonds is 2. The van der Waals surface area contributed by atoms with Crippen molar-refractivity contribution < 1.29 is 0 Å². The first-order valence-electron chi connectivity index (χ1n) is 7.53. The number of nitrogens with zero attached hydrogens (tertiary/aromatic N) is 2. The molecule has 0 amide bonds. The van der Waals surface area contributed by atoms with Gasteiger partial charge in [-0.25, -0.2) is 0 Å². The van der Waals surface area contributed by atoms with Crippen LogP contribution in [0.2, 0.25) is 0 Å². The van der Waals surface area contributed by atoms with E-state index < -0.39 is 0 Å². The van der Waals surface area contributed by atoms with E-state index >= 15 is 0 Å². The average molecular weight is 284 g/mol. The summed E-state index contributed by atoms with van der Waals surface area (Å²) in [6, 6.07) is 10.3. The van der Waals surface area contributed by atoms with Gasteiger partial charge in [-0.1, -0.05) is 12.1 Å². The summed E-state index contributed by atoms with van der Waals surface area (Å²) >= 11 is 1.78. The van der Waals surface area contributed by atoms with Gasteiger partial charge >= 0.3 is 0 Å². The fourth-order valence-corrected chi connectivity index (χ4v) is 4.61. The second kappa shape index (κ2) is 4.97. The van der Waals surface area contributed by atoms with E-state index in [0.29, 0.717) is 5.92 Å². The molecule has 2 aromatic rings. The quantitative estimate of drug-likeness (QED) is 0.823. The number of hydrogen-bond acceptors (Lipinski definition) is 3. The van der Waals surface area contributed by atoms with Crippen molar-refractivity contribution in [2.45, 2.75) is 43.7 Å². The third kappa shape index (κ3) is 2.09. The molecule has 0 aromatic carbocycles. The van der Waals surface area contributed by atoms with E-state index in [0.717, 1.165) is 12.1 Å². The Hall–Kier alpha value is -1.19. The van der Waals surface area contributed by atoms with Crippen molar-refractivity contribution in [1.82, 2.24) is 9.88 Å². The fraction of sp³-hybridized carbons (Fsp3) is 0.471. The topological polar surface area (TPSA) is 16.1 Å². The molecule has 2 bridgehead atoms. The summed E-state index contributed by atoms with van der Waals surface area (Å²) in [4.78, 5) is 8.67. The Morgan fingerprint density at radius 1 is 1.15 bits per heavy atom. The molecule has 0 spiro atoms. The molecule has 2 nitrogen and oxygen atoms in total. The second-order valence-electron chi connectivity index (χ2n) is 6.17. The molecule has 2 saturated heterocycles. The highest BCUT2D eigenvalue weighted by molar-refractivity contribution is 7.13. The number of aromatic nitrogens is 1. The summed E-state index contributed by atoms with van der Waals surface area (Å²) in [6.45, 7) is 0. The van der Waals surface area contributed by atoms with Crippen molar-refractivity contribution in [3.8, 4) is 10.4 Å².